The molecule has 88 valence electrons. The zero-order valence-electron chi connectivity index (χ0n) is 10.3. The van der Waals surface area contributed by atoms with Crippen molar-refractivity contribution in [3.8, 4) is 0 Å². The van der Waals surface area contributed by atoms with Crippen LogP contribution in [0.2, 0.25) is 0 Å². The van der Waals surface area contributed by atoms with E-state index in [0.717, 1.165) is 12.1 Å². The van der Waals surface area contributed by atoms with Gasteiger partial charge in [0.05, 0.1) is 0 Å². The molecule has 0 bridgehead atoms. The predicted octanol–water partition coefficient (Wildman–Crippen LogP) is 3.54. The number of aryl methyl sites for hydroxylation is 1. The minimum absolute atomic E-state index is 0.732. The van der Waals surface area contributed by atoms with E-state index in [0.29, 0.717) is 0 Å². The third-order valence-electron chi connectivity index (χ3n) is 3.57. The van der Waals surface area contributed by atoms with Gasteiger partial charge in [0.25, 0.3) is 0 Å². The quantitative estimate of drug-likeness (QED) is 0.813. The summed E-state index contributed by atoms with van der Waals surface area (Å²) in [5, 5.41) is 3.70. The van der Waals surface area contributed by atoms with Crippen molar-refractivity contribution in [3.05, 3.63) is 35.9 Å². The highest BCUT2D eigenvalue weighted by molar-refractivity contribution is 5.14. The molecule has 1 N–H and O–H groups in total. The fourth-order valence-corrected chi connectivity index (χ4v) is 2.66. The summed E-state index contributed by atoms with van der Waals surface area (Å²) in [6.07, 6.45) is 8.01. The van der Waals surface area contributed by atoms with Gasteiger partial charge in [0.15, 0.2) is 0 Å². The van der Waals surface area contributed by atoms with Crippen LogP contribution in [0.25, 0.3) is 0 Å². The first-order valence-electron chi connectivity index (χ1n) is 6.64. The van der Waals surface area contributed by atoms with Gasteiger partial charge in [-0.25, -0.2) is 0 Å². The molecule has 1 heteroatoms. The van der Waals surface area contributed by atoms with Crippen LogP contribution < -0.4 is 5.32 Å². The first kappa shape index (κ1) is 11.7. The van der Waals surface area contributed by atoms with E-state index in [2.05, 4.69) is 42.6 Å². The van der Waals surface area contributed by atoms with Crippen molar-refractivity contribution in [2.45, 2.75) is 57.5 Å². The molecule has 0 aliphatic carbocycles. The summed E-state index contributed by atoms with van der Waals surface area (Å²) < 4.78 is 0. The summed E-state index contributed by atoms with van der Waals surface area (Å²) in [5.41, 5.74) is 1.48. The zero-order chi connectivity index (χ0) is 11.2. The second kappa shape index (κ2) is 6.05. The van der Waals surface area contributed by atoms with Gasteiger partial charge in [0.1, 0.15) is 0 Å². The Bertz CT molecular complexity index is 294. The van der Waals surface area contributed by atoms with E-state index in [1.54, 1.807) is 0 Å². The van der Waals surface area contributed by atoms with E-state index >= 15 is 0 Å². The SMILES string of the molecule is CC1CCCC(CCCc2ccccc2)N1. The third kappa shape index (κ3) is 3.64. The molecule has 1 nitrogen and oxygen atoms in total. The van der Waals surface area contributed by atoms with Crippen LogP contribution in [0.3, 0.4) is 0 Å². The van der Waals surface area contributed by atoms with Crippen LogP contribution >= 0.6 is 0 Å². The Morgan fingerprint density at radius 2 is 2.00 bits per heavy atom. The van der Waals surface area contributed by atoms with Crippen LogP contribution in [0, 0.1) is 0 Å². The standard InChI is InChI=1S/C15H23N/c1-13-7-5-11-15(16-13)12-6-10-14-8-3-2-4-9-14/h2-4,8-9,13,15-16H,5-7,10-12H2,1H3. The van der Waals surface area contributed by atoms with Crippen LogP contribution in [-0.2, 0) is 6.42 Å². The summed E-state index contributed by atoms with van der Waals surface area (Å²) in [4.78, 5) is 0. The lowest BCUT2D eigenvalue weighted by molar-refractivity contribution is 0.317. The molecule has 1 aliphatic heterocycles. The average molecular weight is 217 g/mol. The molecule has 0 amide bonds. The Morgan fingerprint density at radius 3 is 2.75 bits per heavy atom. The van der Waals surface area contributed by atoms with Crippen molar-refractivity contribution in [2.75, 3.05) is 0 Å². The number of nitrogens with one attached hydrogen (secondary N) is 1. The van der Waals surface area contributed by atoms with Crippen LogP contribution in [-0.4, -0.2) is 12.1 Å². The molecular formula is C15H23N. The van der Waals surface area contributed by atoms with Crippen molar-refractivity contribution in [3.63, 3.8) is 0 Å². The molecule has 1 aromatic carbocycles. The summed E-state index contributed by atoms with van der Waals surface area (Å²) in [6, 6.07) is 12.3. The molecule has 2 unspecified atom stereocenters. The molecule has 0 saturated carbocycles. The average Bonchev–Trinajstić information content (AvgIpc) is 2.30. The summed E-state index contributed by atoms with van der Waals surface area (Å²) >= 11 is 0. The molecule has 2 atom stereocenters. The van der Waals surface area contributed by atoms with Gasteiger partial charge in [0.2, 0.25) is 0 Å². The van der Waals surface area contributed by atoms with E-state index in [1.165, 1.54) is 44.1 Å². The van der Waals surface area contributed by atoms with Gasteiger partial charge in [-0.15, -0.1) is 0 Å². The lowest BCUT2D eigenvalue weighted by Gasteiger charge is -2.28. The van der Waals surface area contributed by atoms with Crippen LogP contribution in [0.4, 0.5) is 0 Å². The maximum atomic E-state index is 3.70. The number of hydrogen-bond donors (Lipinski definition) is 1. The first-order valence-corrected chi connectivity index (χ1v) is 6.64. The molecule has 16 heavy (non-hydrogen) atoms. The van der Waals surface area contributed by atoms with Gasteiger partial charge in [0, 0.05) is 12.1 Å². The lowest BCUT2D eigenvalue weighted by atomic mass is 9.95. The smallest absolute Gasteiger partial charge is 0.00696 e. The molecule has 1 aliphatic rings. The van der Waals surface area contributed by atoms with Crippen molar-refractivity contribution in [2.24, 2.45) is 0 Å². The molecule has 2 rings (SSSR count). The topological polar surface area (TPSA) is 12.0 Å². The van der Waals surface area contributed by atoms with Gasteiger partial charge in [-0.3, -0.25) is 0 Å². The zero-order valence-corrected chi connectivity index (χ0v) is 10.3. The van der Waals surface area contributed by atoms with E-state index in [4.69, 9.17) is 0 Å². The van der Waals surface area contributed by atoms with Gasteiger partial charge in [-0.1, -0.05) is 36.8 Å². The summed E-state index contributed by atoms with van der Waals surface area (Å²) in [7, 11) is 0. The van der Waals surface area contributed by atoms with Crippen molar-refractivity contribution < 1.29 is 0 Å². The minimum Gasteiger partial charge on any atom is -0.312 e. The van der Waals surface area contributed by atoms with Gasteiger partial charge in [-0.05, 0) is 44.6 Å². The highest BCUT2D eigenvalue weighted by Crippen LogP contribution is 2.17. The predicted molar refractivity (Wildman–Crippen MR) is 69.6 cm³/mol. The van der Waals surface area contributed by atoms with Gasteiger partial charge >= 0.3 is 0 Å². The molecule has 0 radical (unpaired) electrons. The Balaban J connectivity index is 1.68. The molecule has 0 spiro atoms. The van der Waals surface area contributed by atoms with E-state index in [9.17, 15) is 0 Å². The normalized spacial score (nSPS) is 25.6. The number of hydrogen-bond acceptors (Lipinski definition) is 1. The highest BCUT2D eigenvalue weighted by atomic mass is 15.0. The lowest BCUT2D eigenvalue weighted by Crippen LogP contribution is -2.40. The summed E-state index contributed by atoms with van der Waals surface area (Å²) in [6.45, 7) is 2.31. The van der Waals surface area contributed by atoms with Crippen molar-refractivity contribution in [1.82, 2.24) is 5.32 Å². The van der Waals surface area contributed by atoms with E-state index in [-0.39, 0.29) is 0 Å². The number of benzene rings is 1. The fraction of sp³-hybridized carbons (Fsp3) is 0.600. The Labute approximate surface area is 99.3 Å². The van der Waals surface area contributed by atoms with Crippen LogP contribution in [0.1, 0.15) is 44.6 Å². The molecule has 1 fully saturated rings. The molecule has 1 saturated heterocycles. The highest BCUT2D eigenvalue weighted by Gasteiger charge is 2.16. The molecule has 1 aromatic rings. The molecule has 1 heterocycles. The molecule has 0 aromatic heterocycles. The second-order valence-corrected chi connectivity index (χ2v) is 5.07. The van der Waals surface area contributed by atoms with E-state index in [1.807, 2.05) is 0 Å². The maximum absolute atomic E-state index is 3.70. The largest absolute Gasteiger partial charge is 0.312 e. The van der Waals surface area contributed by atoms with Crippen LogP contribution in [0.5, 0.6) is 0 Å². The maximum Gasteiger partial charge on any atom is 0.00696 e. The third-order valence-corrected chi connectivity index (χ3v) is 3.57. The van der Waals surface area contributed by atoms with Crippen molar-refractivity contribution >= 4 is 0 Å². The Kier molecular flexibility index (Phi) is 4.41. The molecular weight excluding hydrogens is 194 g/mol. The number of rotatable bonds is 4. The fourth-order valence-electron chi connectivity index (χ4n) is 2.66. The minimum atomic E-state index is 0.732. The second-order valence-electron chi connectivity index (χ2n) is 5.07. The van der Waals surface area contributed by atoms with Crippen molar-refractivity contribution in [1.29, 1.82) is 0 Å². The summed E-state index contributed by atoms with van der Waals surface area (Å²) in [5.74, 6) is 0. The van der Waals surface area contributed by atoms with Gasteiger partial charge < -0.3 is 5.32 Å². The van der Waals surface area contributed by atoms with E-state index < -0.39 is 0 Å². The monoisotopic (exact) mass is 217 g/mol. The number of piperidine rings is 1. The Hall–Kier alpha value is -0.820. The van der Waals surface area contributed by atoms with Crippen LogP contribution in [0.15, 0.2) is 30.3 Å². The first-order chi connectivity index (χ1) is 7.84. The van der Waals surface area contributed by atoms with Gasteiger partial charge in [-0.2, -0.15) is 0 Å². The Morgan fingerprint density at radius 1 is 1.19 bits per heavy atom.